The molecule has 0 aliphatic carbocycles. The second-order valence-corrected chi connectivity index (χ2v) is 9.24. The fourth-order valence-corrected chi connectivity index (χ4v) is 2.71. The van der Waals surface area contributed by atoms with Crippen LogP contribution in [0.3, 0.4) is 0 Å². The van der Waals surface area contributed by atoms with Gasteiger partial charge >= 0.3 is 13.2 Å². The molecule has 0 aromatic heterocycles. The summed E-state index contributed by atoms with van der Waals surface area (Å²) < 4.78 is 17.7. The standard InChI is InChI=1S/C21H33BN2O4/c1-14-10-9-11-15(17(14)23)12-16(13-24-18(25)26-19(2,3)4)22-27-20(5,6)21(7,8)28-22/h9-12H,13,23H2,1-8H3,(H,24,25). The van der Waals surface area contributed by atoms with Gasteiger partial charge in [-0.1, -0.05) is 24.3 Å². The van der Waals surface area contributed by atoms with Gasteiger partial charge in [0, 0.05) is 12.2 Å². The number of nitrogen functional groups attached to an aromatic ring is 1. The third kappa shape index (κ3) is 5.29. The van der Waals surface area contributed by atoms with E-state index in [9.17, 15) is 4.79 Å². The highest BCUT2D eigenvalue weighted by Gasteiger charge is 2.52. The zero-order valence-electron chi connectivity index (χ0n) is 18.3. The van der Waals surface area contributed by atoms with Crippen molar-refractivity contribution in [2.75, 3.05) is 12.3 Å². The first-order valence-electron chi connectivity index (χ1n) is 9.60. The van der Waals surface area contributed by atoms with E-state index in [2.05, 4.69) is 5.32 Å². The maximum absolute atomic E-state index is 12.1. The largest absolute Gasteiger partial charge is 0.492 e. The lowest BCUT2D eigenvalue weighted by Gasteiger charge is -2.32. The number of amides is 1. The second kappa shape index (κ2) is 7.80. The van der Waals surface area contributed by atoms with E-state index >= 15 is 0 Å². The summed E-state index contributed by atoms with van der Waals surface area (Å²) in [7, 11) is -0.597. The van der Waals surface area contributed by atoms with Crippen molar-refractivity contribution >= 4 is 25.0 Å². The molecule has 1 aromatic rings. The average Bonchev–Trinajstić information content (AvgIpc) is 2.74. The fraction of sp³-hybridized carbons (Fsp3) is 0.571. The van der Waals surface area contributed by atoms with Crippen LogP contribution in [0.2, 0.25) is 0 Å². The minimum Gasteiger partial charge on any atom is -0.444 e. The van der Waals surface area contributed by atoms with Gasteiger partial charge in [0.05, 0.1) is 11.2 Å². The summed E-state index contributed by atoms with van der Waals surface area (Å²) in [5.74, 6) is 0. The number of nitrogens with two attached hydrogens (primary N) is 1. The van der Waals surface area contributed by atoms with Crippen LogP contribution in [0.1, 0.15) is 59.6 Å². The molecule has 0 radical (unpaired) electrons. The molecule has 28 heavy (non-hydrogen) atoms. The lowest BCUT2D eigenvalue weighted by molar-refractivity contribution is 0.00578. The van der Waals surface area contributed by atoms with E-state index in [0.717, 1.165) is 16.6 Å². The molecule has 0 spiro atoms. The number of ether oxygens (including phenoxy) is 1. The topological polar surface area (TPSA) is 82.8 Å². The molecule has 6 nitrogen and oxygen atoms in total. The number of aryl methyl sites for hydroxylation is 1. The lowest BCUT2D eigenvalue weighted by Crippen LogP contribution is -2.41. The van der Waals surface area contributed by atoms with E-state index in [-0.39, 0.29) is 6.54 Å². The Hall–Kier alpha value is -1.99. The first-order chi connectivity index (χ1) is 12.7. The minimum absolute atomic E-state index is 0.221. The number of anilines is 1. The molecule has 1 amide bonds. The van der Waals surface area contributed by atoms with Crippen molar-refractivity contribution in [1.29, 1.82) is 0 Å². The van der Waals surface area contributed by atoms with E-state index in [1.54, 1.807) is 0 Å². The number of rotatable bonds is 4. The van der Waals surface area contributed by atoms with E-state index in [4.69, 9.17) is 19.8 Å². The molecule has 0 bridgehead atoms. The van der Waals surface area contributed by atoms with Gasteiger partial charge < -0.3 is 25.1 Å². The van der Waals surface area contributed by atoms with Crippen LogP contribution < -0.4 is 11.1 Å². The third-order valence-corrected chi connectivity index (χ3v) is 5.09. The van der Waals surface area contributed by atoms with Gasteiger partial charge in [-0.15, -0.1) is 0 Å². The van der Waals surface area contributed by atoms with Gasteiger partial charge in [-0.3, -0.25) is 0 Å². The molecule has 3 N–H and O–H groups in total. The summed E-state index contributed by atoms with van der Waals surface area (Å²) in [6, 6.07) is 5.84. The summed E-state index contributed by atoms with van der Waals surface area (Å²) in [6.45, 7) is 15.6. The predicted octanol–water partition coefficient (Wildman–Crippen LogP) is 4.12. The van der Waals surface area contributed by atoms with E-state index in [1.165, 1.54) is 0 Å². The molecule has 0 saturated carbocycles. The van der Waals surface area contributed by atoms with E-state index in [1.807, 2.05) is 79.7 Å². The summed E-state index contributed by atoms with van der Waals surface area (Å²) in [4.78, 5) is 12.1. The highest BCUT2D eigenvalue weighted by atomic mass is 16.7. The number of carbonyl (C=O) groups is 1. The SMILES string of the molecule is Cc1cccc(C=C(CNC(=O)OC(C)(C)C)B2OC(C)(C)C(C)(C)O2)c1N. The maximum Gasteiger partial charge on any atom is 0.492 e. The van der Waals surface area contributed by atoms with Crippen LogP contribution in [0.4, 0.5) is 10.5 Å². The summed E-state index contributed by atoms with van der Waals surface area (Å²) >= 11 is 0. The third-order valence-electron chi connectivity index (χ3n) is 5.09. The number of nitrogens with one attached hydrogen (secondary N) is 1. The maximum atomic E-state index is 12.1. The number of hydrogen-bond donors (Lipinski definition) is 2. The number of hydrogen-bond acceptors (Lipinski definition) is 5. The Morgan fingerprint density at radius 3 is 2.32 bits per heavy atom. The molecule has 1 aliphatic rings. The van der Waals surface area contributed by atoms with Crippen LogP contribution in [-0.4, -0.2) is 36.6 Å². The zero-order chi connectivity index (χ0) is 21.3. The molecule has 1 heterocycles. The summed E-state index contributed by atoms with van der Waals surface area (Å²) in [5, 5.41) is 2.79. The molecule has 2 rings (SSSR count). The molecule has 154 valence electrons. The van der Waals surface area contributed by atoms with Crippen molar-refractivity contribution in [3.63, 3.8) is 0 Å². The van der Waals surface area contributed by atoms with Crippen molar-refractivity contribution in [2.45, 2.75) is 72.2 Å². The van der Waals surface area contributed by atoms with Crippen molar-refractivity contribution < 1.29 is 18.8 Å². The number of benzene rings is 1. The number of alkyl carbamates (subject to hydrolysis) is 1. The van der Waals surface area contributed by atoms with Gasteiger partial charge in [0.2, 0.25) is 0 Å². The molecule has 1 aliphatic heterocycles. The predicted molar refractivity (Wildman–Crippen MR) is 114 cm³/mol. The molecule has 1 saturated heterocycles. The normalized spacial score (nSPS) is 18.9. The molecule has 0 unspecified atom stereocenters. The van der Waals surface area contributed by atoms with E-state index < -0.39 is 30.0 Å². The Bertz CT molecular complexity index is 750. The van der Waals surface area contributed by atoms with Crippen LogP contribution in [0.15, 0.2) is 23.7 Å². The van der Waals surface area contributed by atoms with Gasteiger partial charge in [-0.05, 0) is 72.0 Å². The lowest BCUT2D eigenvalue weighted by atomic mass is 9.76. The highest BCUT2D eigenvalue weighted by molar-refractivity contribution is 6.56. The molecular formula is C21H33BN2O4. The summed E-state index contributed by atoms with van der Waals surface area (Å²) in [5.41, 5.74) is 8.00. The Kier molecular flexibility index (Phi) is 6.21. The first kappa shape index (κ1) is 22.3. The van der Waals surface area contributed by atoms with Crippen LogP contribution in [0, 0.1) is 6.92 Å². The molecule has 0 atom stereocenters. The monoisotopic (exact) mass is 388 g/mol. The van der Waals surface area contributed by atoms with Crippen LogP contribution in [0.25, 0.3) is 6.08 Å². The smallest absolute Gasteiger partial charge is 0.444 e. The van der Waals surface area contributed by atoms with Gasteiger partial charge in [-0.25, -0.2) is 4.79 Å². The van der Waals surface area contributed by atoms with Crippen LogP contribution in [-0.2, 0) is 14.0 Å². The van der Waals surface area contributed by atoms with Crippen LogP contribution in [0.5, 0.6) is 0 Å². The fourth-order valence-electron chi connectivity index (χ4n) is 2.71. The van der Waals surface area contributed by atoms with Crippen molar-refractivity contribution in [3.05, 3.63) is 34.8 Å². The van der Waals surface area contributed by atoms with Gasteiger partial charge in [-0.2, -0.15) is 0 Å². The van der Waals surface area contributed by atoms with E-state index in [0.29, 0.717) is 5.69 Å². The molecular weight excluding hydrogens is 355 g/mol. The van der Waals surface area contributed by atoms with Crippen molar-refractivity contribution in [3.8, 4) is 0 Å². The molecule has 7 heteroatoms. The average molecular weight is 388 g/mol. The first-order valence-corrected chi connectivity index (χ1v) is 9.60. The van der Waals surface area contributed by atoms with Crippen LogP contribution >= 0.6 is 0 Å². The number of carbonyl (C=O) groups excluding carboxylic acids is 1. The summed E-state index contributed by atoms with van der Waals surface area (Å²) in [6.07, 6.45) is 1.43. The Balaban J connectivity index is 2.30. The highest BCUT2D eigenvalue weighted by Crippen LogP contribution is 2.39. The Labute approximate surface area is 168 Å². The van der Waals surface area contributed by atoms with Gasteiger partial charge in [0.25, 0.3) is 0 Å². The minimum atomic E-state index is -0.597. The van der Waals surface area contributed by atoms with Gasteiger partial charge in [0.1, 0.15) is 5.60 Å². The quantitative estimate of drug-likeness (QED) is 0.599. The van der Waals surface area contributed by atoms with Gasteiger partial charge in [0.15, 0.2) is 0 Å². The zero-order valence-corrected chi connectivity index (χ0v) is 18.3. The van der Waals surface area contributed by atoms with Crippen molar-refractivity contribution in [2.24, 2.45) is 0 Å². The van der Waals surface area contributed by atoms with Crippen molar-refractivity contribution in [1.82, 2.24) is 5.32 Å². The Morgan fingerprint density at radius 2 is 1.79 bits per heavy atom. The molecule has 1 aromatic carbocycles. The molecule has 1 fully saturated rings. The number of para-hydroxylation sites is 1. The second-order valence-electron chi connectivity index (χ2n) is 9.24. The Morgan fingerprint density at radius 1 is 1.21 bits per heavy atom.